The van der Waals surface area contributed by atoms with Gasteiger partial charge in [0.1, 0.15) is 11.6 Å². The minimum atomic E-state index is 0.381. The van der Waals surface area contributed by atoms with E-state index in [4.69, 9.17) is 0 Å². The van der Waals surface area contributed by atoms with Crippen molar-refractivity contribution in [1.29, 1.82) is 0 Å². The van der Waals surface area contributed by atoms with Crippen LogP contribution in [-0.4, -0.2) is 20.8 Å². The first-order valence-electron chi connectivity index (χ1n) is 7.67. The van der Waals surface area contributed by atoms with Crippen LogP contribution in [0.3, 0.4) is 0 Å². The van der Waals surface area contributed by atoms with Crippen LogP contribution in [-0.2, 0) is 13.6 Å². The van der Waals surface area contributed by atoms with Gasteiger partial charge < -0.3 is 9.88 Å². The zero-order valence-electron chi connectivity index (χ0n) is 13.7. The summed E-state index contributed by atoms with van der Waals surface area (Å²) in [4.78, 5) is 0. The maximum Gasteiger partial charge on any atom is 0.146 e. The summed E-state index contributed by atoms with van der Waals surface area (Å²) in [5.74, 6) is 2.89. The molecule has 2 rings (SSSR count). The molecule has 2 aromatic rings. The molecule has 0 saturated carbocycles. The molecule has 0 aliphatic carbocycles. The molecule has 0 amide bonds. The first-order chi connectivity index (χ1) is 10.0. The number of nitrogens with one attached hydrogen (secondary N) is 1. The van der Waals surface area contributed by atoms with Gasteiger partial charge in [0.25, 0.3) is 0 Å². The molecule has 1 aromatic heterocycles. The van der Waals surface area contributed by atoms with E-state index in [2.05, 4.69) is 78.1 Å². The molecule has 1 N–H and O–H groups in total. The Bertz CT molecular complexity index is 559. The number of benzene rings is 1. The highest BCUT2D eigenvalue weighted by molar-refractivity contribution is 5.20. The molecule has 0 fully saturated rings. The standard InChI is InChI=1S/C17H26N4/c1-12(2)17-20-19-16(21(17)5)11-18-14(4)13(3)15-9-7-6-8-10-15/h6-10,12-14,18H,11H2,1-5H3/t13-,14+/m1/s1. The van der Waals surface area contributed by atoms with Gasteiger partial charge in [-0.3, -0.25) is 0 Å². The van der Waals surface area contributed by atoms with Gasteiger partial charge in [-0.1, -0.05) is 51.1 Å². The van der Waals surface area contributed by atoms with E-state index < -0.39 is 0 Å². The third-order valence-electron chi connectivity index (χ3n) is 4.17. The predicted octanol–water partition coefficient (Wildman–Crippen LogP) is 3.22. The van der Waals surface area contributed by atoms with Crippen LogP contribution in [0, 0.1) is 0 Å². The lowest BCUT2D eigenvalue weighted by Crippen LogP contribution is -2.31. The predicted molar refractivity (Wildman–Crippen MR) is 86.3 cm³/mol. The first-order valence-corrected chi connectivity index (χ1v) is 7.67. The Morgan fingerprint density at radius 3 is 2.29 bits per heavy atom. The Balaban J connectivity index is 1.97. The van der Waals surface area contributed by atoms with E-state index in [1.165, 1.54) is 5.56 Å². The van der Waals surface area contributed by atoms with Gasteiger partial charge >= 0.3 is 0 Å². The molecule has 0 aliphatic rings. The highest BCUT2D eigenvalue weighted by atomic mass is 15.3. The fraction of sp³-hybridized carbons (Fsp3) is 0.529. The van der Waals surface area contributed by atoms with Crippen LogP contribution in [0.2, 0.25) is 0 Å². The van der Waals surface area contributed by atoms with Crippen molar-refractivity contribution in [3.63, 3.8) is 0 Å². The maximum absolute atomic E-state index is 4.29. The highest BCUT2D eigenvalue weighted by Crippen LogP contribution is 2.19. The maximum atomic E-state index is 4.29. The molecular weight excluding hydrogens is 260 g/mol. The fourth-order valence-corrected chi connectivity index (χ4v) is 2.51. The zero-order chi connectivity index (χ0) is 15.4. The van der Waals surface area contributed by atoms with Crippen molar-refractivity contribution in [3.05, 3.63) is 47.5 Å². The van der Waals surface area contributed by atoms with Gasteiger partial charge in [0.05, 0.1) is 6.54 Å². The molecule has 1 heterocycles. The lowest BCUT2D eigenvalue weighted by Gasteiger charge is -2.21. The molecule has 2 atom stereocenters. The number of rotatable bonds is 6. The van der Waals surface area contributed by atoms with E-state index in [9.17, 15) is 0 Å². The Labute approximate surface area is 127 Å². The van der Waals surface area contributed by atoms with Gasteiger partial charge in [-0.05, 0) is 18.4 Å². The quantitative estimate of drug-likeness (QED) is 0.886. The van der Waals surface area contributed by atoms with Gasteiger partial charge in [-0.15, -0.1) is 10.2 Å². The summed E-state index contributed by atoms with van der Waals surface area (Å²) in [5, 5.41) is 12.1. The minimum Gasteiger partial charge on any atom is -0.317 e. The Hall–Kier alpha value is -1.68. The van der Waals surface area contributed by atoms with Crippen molar-refractivity contribution in [2.45, 2.75) is 52.1 Å². The number of aromatic nitrogens is 3. The second-order valence-corrected chi connectivity index (χ2v) is 6.06. The monoisotopic (exact) mass is 286 g/mol. The van der Waals surface area contributed by atoms with E-state index in [1.807, 2.05) is 7.05 Å². The van der Waals surface area contributed by atoms with E-state index in [0.29, 0.717) is 17.9 Å². The van der Waals surface area contributed by atoms with Crippen molar-refractivity contribution in [1.82, 2.24) is 20.1 Å². The van der Waals surface area contributed by atoms with Gasteiger partial charge in [-0.25, -0.2) is 0 Å². The van der Waals surface area contributed by atoms with Crippen LogP contribution in [0.4, 0.5) is 0 Å². The molecule has 0 saturated heterocycles. The molecule has 0 unspecified atom stereocenters. The van der Waals surface area contributed by atoms with E-state index >= 15 is 0 Å². The van der Waals surface area contributed by atoms with Crippen LogP contribution in [0.1, 0.15) is 56.7 Å². The summed E-state index contributed by atoms with van der Waals surface area (Å²) in [5.41, 5.74) is 1.36. The molecule has 0 spiro atoms. The van der Waals surface area contributed by atoms with Crippen LogP contribution in [0.25, 0.3) is 0 Å². The summed E-state index contributed by atoms with van der Waals surface area (Å²) in [7, 11) is 2.04. The van der Waals surface area contributed by atoms with E-state index in [1.54, 1.807) is 0 Å². The summed E-state index contributed by atoms with van der Waals surface area (Å²) in [6.45, 7) is 9.50. The van der Waals surface area contributed by atoms with E-state index in [0.717, 1.165) is 18.2 Å². The largest absolute Gasteiger partial charge is 0.317 e. The SMILES string of the molecule is CC(C)c1nnc(CN[C@@H](C)[C@@H](C)c2ccccc2)n1C. The second kappa shape index (κ2) is 6.85. The molecule has 21 heavy (non-hydrogen) atoms. The molecule has 0 aliphatic heterocycles. The first kappa shape index (κ1) is 15.7. The van der Waals surface area contributed by atoms with Crippen LogP contribution in [0.5, 0.6) is 0 Å². The fourth-order valence-electron chi connectivity index (χ4n) is 2.51. The van der Waals surface area contributed by atoms with Crippen LogP contribution < -0.4 is 5.32 Å². The summed E-state index contributed by atoms with van der Waals surface area (Å²) < 4.78 is 2.09. The lowest BCUT2D eigenvalue weighted by molar-refractivity contribution is 0.467. The Morgan fingerprint density at radius 1 is 1.05 bits per heavy atom. The van der Waals surface area contributed by atoms with Gasteiger partial charge in [0.2, 0.25) is 0 Å². The molecule has 0 bridgehead atoms. The van der Waals surface area contributed by atoms with E-state index in [-0.39, 0.29) is 0 Å². The minimum absolute atomic E-state index is 0.381. The number of nitrogens with zero attached hydrogens (tertiary/aromatic N) is 3. The summed E-state index contributed by atoms with van der Waals surface area (Å²) in [6, 6.07) is 11.0. The molecule has 4 heteroatoms. The van der Waals surface area contributed by atoms with Gasteiger partial charge in [0.15, 0.2) is 0 Å². The third-order valence-corrected chi connectivity index (χ3v) is 4.17. The average Bonchev–Trinajstić information content (AvgIpc) is 2.86. The molecule has 1 aromatic carbocycles. The van der Waals surface area contributed by atoms with Crippen molar-refractivity contribution < 1.29 is 0 Å². The number of hydrogen-bond donors (Lipinski definition) is 1. The molecular formula is C17H26N4. The average molecular weight is 286 g/mol. The van der Waals surface area contributed by atoms with Crippen molar-refractivity contribution in [2.24, 2.45) is 7.05 Å². The number of hydrogen-bond acceptors (Lipinski definition) is 3. The van der Waals surface area contributed by atoms with Gasteiger partial charge in [-0.2, -0.15) is 0 Å². The van der Waals surface area contributed by atoms with Crippen LogP contribution in [0.15, 0.2) is 30.3 Å². The molecule has 4 nitrogen and oxygen atoms in total. The smallest absolute Gasteiger partial charge is 0.146 e. The van der Waals surface area contributed by atoms with Gasteiger partial charge in [0, 0.05) is 19.0 Å². The second-order valence-electron chi connectivity index (χ2n) is 6.06. The Morgan fingerprint density at radius 2 is 1.71 bits per heavy atom. The molecule has 0 radical (unpaired) electrons. The summed E-state index contributed by atoms with van der Waals surface area (Å²) in [6.07, 6.45) is 0. The normalized spacial score (nSPS) is 14.4. The molecule has 114 valence electrons. The van der Waals surface area contributed by atoms with Crippen molar-refractivity contribution in [2.75, 3.05) is 0 Å². The van der Waals surface area contributed by atoms with Crippen molar-refractivity contribution >= 4 is 0 Å². The third kappa shape index (κ3) is 3.70. The highest BCUT2D eigenvalue weighted by Gasteiger charge is 2.16. The summed E-state index contributed by atoms with van der Waals surface area (Å²) >= 11 is 0. The zero-order valence-corrected chi connectivity index (χ0v) is 13.7. The van der Waals surface area contributed by atoms with Crippen LogP contribution >= 0.6 is 0 Å². The Kier molecular flexibility index (Phi) is 5.12. The topological polar surface area (TPSA) is 42.7 Å². The lowest BCUT2D eigenvalue weighted by atomic mass is 9.94. The van der Waals surface area contributed by atoms with Crippen molar-refractivity contribution in [3.8, 4) is 0 Å².